The normalized spacial score (nSPS) is 12.1. The lowest BCUT2D eigenvalue weighted by molar-refractivity contribution is -0.123. The Morgan fingerprint density at radius 1 is 0.816 bits per heavy atom. The molecule has 0 saturated carbocycles. The molecule has 2 atom stereocenters. The Labute approximate surface area is 297 Å². The van der Waals surface area contributed by atoms with Crippen LogP contribution in [0.5, 0.6) is 11.5 Å². The molecule has 2 unspecified atom stereocenters. The number of nitrogens with one attached hydrogen (secondary N) is 3. The third-order valence-corrected chi connectivity index (χ3v) is 8.53. The third-order valence-electron chi connectivity index (χ3n) is 8.30. The second kappa shape index (κ2) is 15.9. The third kappa shape index (κ3) is 8.32. The van der Waals surface area contributed by atoms with Gasteiger partial charge >= 0.3 is 0 Å². The van der Waals surface area contributed by atoms with Crippen molar-refractivity contribution in [1.29, 1.82) is 0 Å². The van der Waals surface area contributed by atoms with Gasteiger partial charge in [-0.3, -0.25) is 9.59 Å². The first-order valence-electron chi connectivity index (χ1n) is 15.9. The van der Waals surface area contributed by atoms with Crippen LogP contribution in [-0.4, -0.2) is 28.9 Å². The van der Waals surface area contributed by atoms with Gasteiger partial charge in [0.05, 0.1) is 0 Å². The van der Waals surface area contributed by atoms with E-state index in [9.17, 15) is 9.59 Å². The average molecular weight is 694 g/mol. The largest absolute Gasteiger partial charge is 0.457 e. The SMILES string of the molecule is CC(Cc1c[nH]c2ccccc12)NC(=O)C(C)NC(=O)c1ccc(-c2ccccc2)cc1-c1ccc(Cl)cc1Oc1cccc(CN)c1.Cl. The second-order valence-electron chi connectivity index (χ2n) is 11.9. The fourth-order valence-corrected chi connectivity index (χ4v) is 5.99. The van der Waals surface area contributed by atoms with Gasteiger partial charge in [0.1, 0.15) is 17.5 Å². The highest BCUT2D eigenvalue weighted by Gasteiger charge is 2.23. The molecule has 49 heavy (non-hydrogen) atoms. The van der Waals surface area contributed by atoms with Crippen molar-refractivity contribution in [2.75, 3.05) is 0 Å². The lowest BCUT2D eigenvalue weighted by Crippen LogP contribution is -2.48. The van der Waals surface area contributed by atoms with Gasteiger partial charge in [-0.2, -0.15) is 0 Å². The van der Waals surface area contributed by atoms with Crippen molar-refractivity contribution < 1.29 is 14.3 Å². The lowest BCUT2D eigenvalue weighted by atomic mass is 9.93. The first-order valence-corrected chi connectivity index (χ1v) is 16.3. The zero-order valence-corrected chi connectivity index (χ0v) is 28.8. The summed E-state index contributed by atoms with van der Waals surface area (Å²) in [6.07, 6.45) is 2.62. The van der Waals surface area contributed by atoms with Crippen molar-refractivity contribution in [3.8, 4) is 33.8 Å². The Morgan fingerprint density at radius 2 is 1.59 bits per heavy atom. The molecule has 0 aliphatic rings. The number of para-hydroxylation sites is 1. The minimum atomic E-state index is -0.787. The fourth-order valence-electron chi connectivity index (χ4n) is 5.83. The summed E-state index contributed by atoms with van der Waals surface area (Å²) in [6, 6.07) is 35.6. The van der Waals surface area contributed by atoms with Gasteiger partial charge in [0.15, 0.2) is 0 Å². The summed E-state index contributed by atoms with van der Waals surface area (Å²) in [7, 11) is 0. The molecular weight excluding hydrogens is 655 g/mol. The molecule has 0 aliphatic heterocycles. The van der Waals surface area contributed by atoms with Crippen molar-refractivity contribution in [3.05, 3.63) is 143 Å². The van der Waals surface area contributed by atoms with Crippen LogP contribution < -0.4 is 21.1 Å². The average Bonchev–Trinajstić information content (AvgIpc) is 3.50. The van der Waals surface area contributed by atoms with Crippen LogP contribution in [-0.2, 0) is 17.8 Å². The summed E-state index contributed by atoms with van der Waals surface area (Å²) in [6.45, 7) is 4.02. The topological polar surface area (TPSA) is 109 Å². The van der Waals surface area contributed by atoms with Gasteiger partial charge in [-0.25, -0.2) is 0 Å². The van der Waals surface area contributed by atoms with Crippen molar-refractivity contribution >= 4 is 46.7 Å². The summed E-state index contributed by atoms with van der Waals surface area (Å²) >= 11 is 6.45. The lowest BCUT2D eigenvalue weighted by Gasteiger charge is -2.20. The molecule has 0 fully saturated rings. The van der Waals surface area contributed by atoms with Gasteiger partial charge in [0.25, 0.3) is 5.91 Å². The van der Waals surface area contributed by atoms with Crippen molar-refractivity contribution in [2.24, 2.45) is 5.73 Å². The van der Waals surface area contributed by atoms with Crippen molar-refractivity contribution in [2.45, 2.75) is 38.9 Å². The minimum Gasteiger partial charge on any atom is -0.457 e. The van der Waals surface area contributed by atoms with Crippen molar-refractivity contribution in [1.82, 2.24) is 15.6 Å². The maximum absolute atomic E-state index is 13.9. The van der Waals surface area contributed by atoms with Crippen LogP contribution in [0.1, 0.15) is 35.3 Å². The summed E-state index contributed by atoms with van der Waals surface area (Å²) in [5.74, 6) is 0.419. The Bertz CT molecular complexity index is 2080. The van der Waals surface area contributed by atoms with Gasteiger partial charge in [0, 0.05) is 51.9 Å². The van der Waals surface area contributed by atoms with Crippen LogP contribution in [0, 0.1) is 0 Å². The number of halogens is 2. The van der Waals surface area contributed by atoms with E-state index in [4.69, 9.17) is 22.1 Å². The zero-order chi connectivity index (χ0) is 33.6. The van der Waals surface area contributed by atoms with Gasteiger partial charge in [-0.15, -0.1) is 12.4 Å². The molecule has 0 spiro atoms. The van der Waals surface area contributed by atoms with Crippen molar-refractivity contribution in [3.63, 3.8) is 0 Å². The molecule has 6 rings (SSSR count). The molecule has 1 heterocycles. The quantitative estimate of drug-likeness (QED) is 0.109. The molecule has 6 aromatic rings. The minimum absolute atomic E-state index is 0. The molecule has 5 N–H and O–H groups in total. The number of hydrogen-bond donors (Lipinski definition) is 4. The van der Waals surface area contributed by atoms with E-state index in [0.29, 0.717) is 46.2 Å². The molecular formula is C40H38Cl2N4O3. The van der Waals surface area contributed by atoms with E-state index in [1.54, 1.807) is 25.1 Å². The highest BCUT2D eigenvalue weighted by atomic mass is 35.5. The van der Waals surface area contributed by atoms with E-state index < -0.39 is 6.04 Å². The van der Waals surface area contributed by atoms with E-state index >= 15 is 0 Å². The van der Waals surface area contributed by atoms with E-state index in [1.165, 1.54) is 0 Å². The number of amides is 2. The number of carbonyl (C=O) groups is 2. The number of fused-ring (bicyclic) bond motifs is 1. The predicted octanol–water partition coefficient (Wildman–Crippen LogP) is 8.69. The number of rotatable bonds is 11. The Kier molecular flexibility index (Phi) is 11.4. The standard InChI is InChI=1S/C40H37ClN4O3.ClH/c1-25(19-30-24-43-37-14-7-6-13-33(30)37)44-39(46)26(2)45-40(47)35-17-15-29(28-10-4-3-5-11-28)21-36(35)34-18-16-31(41)22-38(34)48-32-12-8-9-27(20-32)23-42;/h3-18,20-22,24-26,43H,19,23,42H2,1-2H3,(H,44,46)(H,45,47);1H. The highest BCUT2D eigenvalue weighted by molar-refractivity contribution is 6.30. The van der Waals surface area contributed by atoms with Crippen LogP contribution in [0.15, 0.2) is 121 Å². The maximum Gasteiger partial charge on any atom is 0.252 e. The Hall–Kier alpha value is -5.08. The number of aromatic nitrogens is 1. The Morgan fingerprint density at radius 3 is 2.39 bits per heavy atom. The van der Waals surface area contributed by atoms with Crippen LogP contribution in [0.4, 0.5) is 0 Å². The molecule has 0 radical (unpaired) electrons. The summed E-state index contributed by atoms with van der Waals surface area (Å²) in [5.41, 5.74) is 12.6. The summed E-state index contributed by atoms with van der Waals surface area (Å²) < 4.78 is 6.36. The number of aromatic amines is 1. The molecule has 2 amide bonds. The van der Waals surface area contributed by atoms with Gasteiger partial charge in [-0.05, 0) is 90.6 Å². The molecule has 1 aromatic heterocycles. The molecule has 0 bridgehead atoms. The smallest absolute Gasteiger partial charge is 0.252 e. The Balaban J connectivity index is 0.00000468. The number of H-pyrrole nitrogens is 1. The number of carbonyl (C=O) groups excluding carboxylic acids is 2. The van der Waals surface area contributed by atoms with E-state index in [-0.39, 0.29) is 30.3 Å². The monoisotopic (exact) mass is 692 g/mol. The summed E-state index contributed by atoms with van der Waals surface area (Å²) in [4.78, 5) is 30.5. The predicted molar refractivity (Wildman–Crippen MR) is 201 cm³/mol. The van der Waals surface area contributed by atoms with Crippen LogP contribution in [0.3, 0.4) is 0 Å². The number of nitrogens with two attached hydrogens (primary N) is 1. The molecule has 9 heteroatoms. The number of ether oxygens (including phenoxy) is 1. The molecule has 7 nitrogen and oxygen atoms in total. The number of benzene rings is 5. The number of hydrogen-bond acceptors (Lipinski definition) is 4. The van der Waals surface area contributed by atoms with E-state index in [0.717, 1.165) is 33.2 Å². The van der Waals surface area contributed by atoms with Gasteiger partial charge in [-0.1, -0.05) is 78.3 Å². The van der Waals surface area contributed by atoms with Gasteiger partial charge in [0.2, 0.25) is 5.91 Å². The van der Waals surface area contributed by atoms with E-state index in [2.05, 4.69) is 21.7 Å². The van der Waals surface area contributed by atoms with Crippen LogP contribution >= 0.6 is 24.0 Å². The second-order valence-corrected chi connectivity index (χ2v) is 12.3. The fraction of sp³-hybridized carbons (Fsp3) is 0.150. The zero-order valence-electron chi connectivity index (χ0n) is 27.2. The molecule has 5 aromatic carbocycles. The maximum atomic E-state index is 13.9. The van der Waals surface area contributed by atoms with E-state index in [1.807, 2.05) is 104 Å². The first-order chi connectivity index (χ1) is 23.3. The van der Waals surface area contributed by atoms with Crippen LogP contribution in [0.2, 0.25) is 5.02 Å². The van der Waals surface area contributed by atoms with Gasteiger partial charge < -0.3 is 26.1 Å². The molecule has 0 aliphatic carbocycles. The molecule has 250 valence electrons. The first kappa shape index (κ1) is 35.2. The summed E-state index contributed by atoms with van der Waals surface area (Å²) in [5, 5.41) is 7.59. The highest BCUT2D eigenvalue weighted by Crippen LogP contribution is 2.39. The molecule has 0 saturated heterocycles. The van der Waals surface area contributed by atoms with Crippen LogP contribution in [0.25, 0.3) is 33.2 Å².